The van der Waals surface area contributed by atoms with Crippen LogP contribution in [0.5, 0.6) is 0 Å². The van der Waals surface area contributed by atoms with Crippen molar-refractivity contribution in [3.8, 4) is 0 Å². The van der Waals surface area contributed by atoms with Gasteiger partial charge in [0.05, 0.1) is 15.5 Å². The number of hydrogen-bond donors (Lipinski definition) is 1. The normalized spacial score (nSPS) is 21.3. The minimum Gasteiger partial charge on any atom is -0.349 e. The molecule has 0 aliphatic heterocycles. The predicted octanol–water partition coefficient (Wildman–Crippen LogP) is 4.97. The average Bonchev–Trinajstić information content (AvgIpc) is 2.55. The molecule has 1 fully saturated rings. The number of nitrogens with zero attached hydrogens (tertiary/aromatic N) is 1. The molecule has 1 aliphatic carbocycles. The van der Waals surface area contributed by atoms with Crippen LogP contribution < -0.4 is 5.32 Å². The Morgan fingerprint density at radius 3 is 2.46 bits per heavy atom. The van der Waals surface area contributed by atoms with E-state index in [0.717, 1.165) is 32.1 Å². The molecule has 1 saturated carbocycles. The summed E-state index contributed by atoms with van der Waals surface area (Å²) in [7, 11) is 0. The molecule has 5 nitrogen and oxygen atoms in total. The predicted molar refractivity (Wildman–Crippen MR) is 95.4 cm³/mol. The van der Waals surface area contributed by atoms with E-state index in [0.29, 0.717) is 16.9 Å². The summed E-state index contributed by atoms with van der Waals surface area (Å²) in [4.78, 5) is 22.6. The quantitative estimate of drug-likeness (QED) is 0.600. The Hall–Kier alpha value is -1.62. The van der Waals surface area contributed by atoms with Crippen LogP contribution >= 0.6 is 11.6 Å². The van der Waals surface area contributed by atoms with Gasteiger partial charge in [0.1, 0.15) is 0 Å². The first-order valence-corrected chi connectivity index (χ1v) is 8.87. The van der Waals surface area contributed by atoms with Crippen molar-refractivity contribution in [3.63, 3.8) is 0 Å². The van der Waals surface area contributed by atoms with Gasteiger partial charge in [-0.15, -0.1) is 0 Å². The van der Waals surface area contributed by atoms with E-state index in [4.69, 9.17) is 11.6 Å². The first-order chi connectivity index (χ1) is 11.2. The minimum absolute atomic E-state index is 0.112. The highest BCUT2D eigenvalue weighted by Gasteiger charge is 2.32. The van der Waals surface area contributed by atoms with Crippen molar-refractivity contribution < 1.29 is 9.72 Å². The van der Waals surface area contributed by atoms with Gasteiger partial charge in [0.15, 0.2) is 0 Å². The summed E-state index contributed by atoms with van der Waals surface area (Å²) in [6, 6.07) is 4.09. The van der Waals surface area contributed by atoms with E-state index >= 15 is 0 Å². The van der Waals surface area contributed by atoms with Gasteiger partial charge in [-0.25, -0.2) is 0 Å². The van der Waals surface area contributed by atoms with Crippen molar-refractivity contribution >= 4 is 23.2 Å². The number of nitro groups is 1. The molecule has 132 valence electrons. The molecular formula is C18H25ClN2O3. The lowest BCUT2D eigenvalue weighted by Gasteiger charge is -2.39. The summed E-state index contributed by atoms with van der Waals surface area (Å²) < 4.78 is 0. The summed E-state index contributed by atoms with van der Waals surface area (Å²) in [6.45, 7) is 6.85. The highest BCUT2D eigenvalue weighted by Crippen LogP contribution is 2.40. The van der Waals surface area contributed by atoms with Crippen molar-refractivity contribution in [2.24, 2.45) is 11.3 Å². The number of halogens is 1. The topological polar surface area (TPSA) is 72.2 Å². The molecule has 0 bridgehead atoms. The fraction of sp³-hybridized carbons (Fsp3) is 0.611. The molecule has 0 atom stereocenters. The number of rotatable bonds is 5. The van der Waals surface area contributed by atoms with Crippen LogP contribution in [0.4, 0.5) is 5.69 Å². The zero-order valence-electron chi connectivity index (χ0n) is 14.5. The first-order valence-electron chi connectivity index (χ1n) is 8.49. The molecule has 2 rings (SSSR count). The van der Waals surface area contributed by atoms with E-state index in [1.54, 1.807) is 0 Å². The molecule has 6 heteroatoms. The van der Waals surface area contributed by atoms with Crippen LogP contribution in [0.2, 0.25) is 5.02 Å². The second-order valence-electron chi connectivity index (χ2n) is 7.29. The monoisotopic (exact) mass is 352 g/mol. The average molecular weight is 353 g/mol. The maximum Gasteiger partial charge on any atom is 0.270 e. The summed E-state index contributed by atoms with van der Waals surface area (Å²) in [5.74, 6) is 0.437. The van der Waals surface area contributed by atoms with Crippen LogP contribution in [0.1, 0.15) is 63.2 Å². The van der Waals surface area contributed by atoms with E-state index in [9.17, 15) is 14.9 Å². The number of nitrogens with one attached hydrogen (secondary N) is 1. The van der Waals surface area contributed by atoms with Crippen LogP contribution in [-0.2, 0) is 0 Å². The van der Waals surface area contributed by atoms with Gasteiger partial charge < -0.3 is 5.32 Å². The molecule has 1 N–H and O–H groups in total. The molecule has 0 radical (unpaired) electrons. The zero-order valence-corrected chi connectivity index (χ0v) is 15.2. The number of benzene rings is 1. The third-order valence-electron chi connectivity index (χ3n) is 5.49. The van der Waals surface area contributed by atoms with Gasteiger partial charge in [0.2, 0.25) is 0 Å². The minimum atomic E-state index is -0.523. The van der Waals surface area contributed by atoms with Crippen LogP contribution in [0.25, 0.3) is 0 Å². The molecule has 1 aromatic carbocycles. The Morgan fingerprint density at radius 2 is 1.96 bits per heavy atom. The van der Waals surface area contributed by atoms with Gasteiger partial charge in [-0.2, -0.15) is 0 Å². The third-order valence-corrected chi connectivity index (χ3v) is 5.80. The molecule has 0 spiro atoms. The SMILES string of the molecule is CCC(C)(C)C1CCC(NC(=O)c2ccc([N+](=O)[O-])cc2Cl)CC1. The van der Waals surface area contributed by atoms with E-state index < -0.39 is 4.92 Å². The zero-order chi connectivity index (χ0) is 17.9. The van der Waals surface area contributed by atoms with Crippen LogP contribution in [0.15, 0.2) is 18.2 Å². The Morgan fingerprint density at radius 1 is 1.33 bits per heavy atom. The Kier molecular flexibility index (Phi) is 5.86. The summed E-state index contributed by atoms with van der Waals surface area (Å²) in [5.41, 5.74) is 0.522. The number of nitro benzene ring substituents is 1. The standard InChI is InChI=1S/C18H25ClN2O3/c1-4-18(2,3)12-5-7-13(8-6-12)20-17(22)15-10-9-14(21(23)24)11-16(15)19/h9-13H,4-8H2,1-3H3,(H,20,22). The van der Waals surface area contributed by atoms with Gasteiger partial charge in [0, 0.05) is 18.2 Å². The van der Waals surface area contributed by atoms with Crippen molar-refractivity contribution in [2.45, 2.75) is 58.9 Å². The number of amides is 1. The lowest BCUT2D eigenvalue weighted by Crippen LogP contribution is -2.40. The molecule has 1 aliphatic rings. The maximum atomic E-state index is 12.4. The van der Waals surface area contributed by atoms with Crippen molar-refractivity contribution in [3.05, 3.63) is 38.9 Å². The molecule has 0 aromatic heterocycles. The first kappa shape index (κ1) is 18.7. The summed E-state index contributed by atoms with van der Waals surface area (Å²) >= 11 is 6.02. The molecule has 0 unspecified atom stereocenters. The van der Waals surface area contributed by atoms with Crippen molar-refractivity contribution in [1.82, 2.24) is 5.32 Å². The Balaban J connectivity index is 1.96. The van der Waals surface area contributed by atoms with E-state index in [-0.39, 0.29) is 22.7 Å². The van der Waals surface area contributed by atoms with Crippen LogP contribution in [0, 0.1) is 21.4 Å². The summed E-state index contributed by atoms with van der Waals surface area (Å²) in [5, 5.41) is 13.9. The van der Waals surface area contributed by atoms with Crippen LogP contribution in [-0.4, -0.2) is 16.9 Å². The van der Waals surface area contributed by atoms with E-state index in [2.05, 4.69) is 26.1 Å². The van der Waals surface area contributed by atoms with Gasteiger partial charge in [-0.3, -0.25) is 14.9 Å². The Bertz CT molecular complexity index is 623. The fourth-order valence-corrected chi connectivity index (χ4v) is 3.63. The van der Waals surface area contributed by atoms with Gasteiger partial charge >= 0.3 is 0 Å². The second-order valence-corrected chi connectivity index (χ2v) is 7.69. The molecular weight excluding hydrogens is 328 g/mol. The number of non-ortho nitro benzene ring substituents is 1. The number of carbonyl (C=O) groups is 1. The maximum absolute atomic E-state index is 12.4. The smallest absolute Gasteiger partial charge is 0.270 e. The van der Waals surface area contributed by atoms with Gasteiger partial charge in [-0.1, -0.05) is 38.8 Å². The summed E-state index contributed by atoms with van der Waals surface area (Å²) in [6.07, 6.45) is 5.31. The van der Waals surface area contributed by atoms with Crippen molar-refractivity contribution in [1.29, 1.82) is 0 Å². The van der Waals surface area contributed by atoms with Gasteiger partial charge in [-0.05, 0) is 43.1 Å². The second kappa shape index (κ2) is 7.51. The molecule has 24 heavy (non-hydrogen) atoms. The molecule has 0 heterocycles. The van der Waals surface area contributed by atoms with Gasteiger partial charge in [0.25, 0.3) is 11.6 Å². The van der Waals surface area contributed by atoms with E-state index in [1.807, 2.05) is 0 Å². The Labute approximate surface area is 147 Å². The fourth-order valence-electron chi connectivity index (χ4n) is 3.37. The lowest BCUT2D eigenvalue weighted by atomic mass is 9.69. The van der Waals surface area contributed by atoms with Crippen LogP contribution in [0.3, 0.4) is 0 Å². The number of hydrogen-bond acceptors (Lipinski definition) is 3. The largest absolute Gasteiger partial charge is 0.349 e. The molecule has 0 saturated heterocycles. The molecule has 1 amide bonds. The van der Waals surface area contributed by atoms with Crippen molar-refractivity contribution in [2.75, 3.05) is 0 Å². The third kappa shape index (κ3) is 4.26. The lowest BCUT2D eigenvalue weighted by molar-refractivity contribution is -0.384. The number of carbonyl (C=O) groups excluding carboxylic acids is 1. The highest BCUT2D eigenvalue weighted by atomic mass is 35.5. The molecule has 1 aromatic rings. The van der Waals surface area contributed by atoms with E-state index in [1.165, 1.54) is 18.2 Å². The highest BCUT2D eigenvalue weighted by molar-refractivity contribution is 6.34.